The minimum atomic E-state index is 0. The molecule has 1 saturated carbocycles. The Hall–Kier alpha value is -0.790. The molecule has 0 unspecified atom stereocenters. The normalized spacial score (nSPS) is 15.2. The summed E-state index contributed by atoms with van der Waals surface area (Å²) in [5, 5.41) is 4.08. The smallest absolute Gasteiger partial charge is 0.191 e. The number of hydrogen-bond acceptors (Lipinski definition) is 3. The average Bonchev–Trinajstić information content (AvgIpc) is 3.15. The molecule has 1 fully saturated rings. The van der Waals surface area contributed by atoms with Crippen molar-refractivity contribution in [2.24, 2.45) is 10.7 Å². The van der Waals surface area contributed by atoms with E-state index in [1.165, 1.54) is 12.8 Å². The summed E-state index contributed by atoms with van der Waals surface area (Å²) in [6.07, 6.45) is 4.16. The Morgan fingerprint density at radius 2 is 2.11 bits per heavy atom. The molecule has 1 aliphatic rings. The molecule has 1 aromatic heterocycles. The Morgan fingerprint density at radius 3 is 2.63 bits per heavy atom. The van der Waals surface area contributed by atoms with Gasteiger partial charge in [0.25, 0.3) is 0 Å². The Morgan fingerprint density at radius 1 is 1.42 bits per heavy atom. The van der Waals surface area contributed by atoms with Gasteiger partial charge in [-0.05, 0) is 19.3 Å². The van der Waals surface area contributed by atoms with E-state index in [0.29, 0.717) is 18.5 Å². The first-order chi connectivity index (χ1) is 8.67. The minimum Gasteiger partial charge on any atom is -0.370 e. The predicted octanol–water partition coefficient (Wildman–Crippen LogP) is 2.33. The molecule has 0 amide bonds. The minimum absolute atomic E-state index is 0. The van der Waals surface area contributed by atoms with Gasteiger partial charge in [-0.2, -0.15) is 0 Å². The largest absolute Gasteiger partial charge is 0.370 e. The maximum Gasteiger partial charge on any atom is 0.191 e. The van der Waals surface area contributed by atoms with Crippen LogP contribution in [-0.4, -0.2) is 29.1 Å². The molecule has 0 aliphatic heterocycles. The number of halogens is 1. The van der Waals surface area contributed by atoms with Crippen molar-refractivity contribution in [3.05, 3.63) is 17.0 Å². The highest BCUT2D eigenvalue weighted by molar-refractivity contribution is 14.0. The van der Waals surface area contributed by atoms with Crippen molar-refractivity contribution in [3.63, 3.8) is 0 Å². The van der Waals surface area contributed by atoms with Gasteiger partial charge >= 0.3 is 0 Å². The van der Waals surface area contributed by atoms with Gasteiger partial charge in [0.05, 0.1) is 12.2 Å². The molecule has 1 heterocycles. The number of aliphatic imine (C=N–C) groups is 1. The van der Waals surface area contributed by atoms with Gasteiger partial charge in [0.2, 0.25) is 0 Å². The first kappa shape index (κ1) is 16.3. The molecular formula is C13H23IN4O. The summed E-state index contributed by atoms with van der Waals surface area (Å²) in [7, 11) is 2.01. The highest BCUT2D eigenvalue weighted by Gasteiger charge is 2.27. The molecule has 0 spiro atoms. The molecule has 1 aliphatic carbocycles. The van der Waals surface area contributed by atoms with Crippen LogP contribution in [0.4, 0.5) is 0 Å². The van der Waals surface area contributed by atoms with E-state index >= 15 is 0 Å². The van der Waals surface area contributed by atoms with E-state index in [1.807, 2.05) is 7.05 Å². The Kier molecular flexibility index (Phi) is 6.09. The highest BCUT2D eigenvalue weighted by Crippen LogP contribution is 2.25. The second-order valence-electron chi connectivity index (χ2n) is 4.75. The van der Waals surface area contributed by atoms with Crippen LogP contribution >= 0.6 is 24.0 Å². The summed E-state index contributed by atoms with van der Waals surface area (Å²) in [6.45, 7) is 4.70. The number of hydrogen-bond donors (Lipinski definition) is 1. The van der Waals surface area contributed by atoms with Crippen LogP contribution < -0.4 is 5.73 Å². The standard InChI is InChI=1S/C13H22N4O.HI/c1-4-11-10(12(5-2)18-16-11)8-15-13(14)17(3)9-6-7-9;/h9H,4-8H2,1-3H3,(H2,14,15);1H. The van der Waals surface area contributed by atoms with Crippen LogP contribution in [0.1, 0.15) is 43.7 Å². The molecule has 0 atom stereocenters. The SMILES string of the molecule is CCc1noc(CC)c1CN=C(N)N(C)C1CC1.I. The monoisotopic (exact) mass is 378 g/mol. The van der Waals surface area contributed by atoms with Crippen LogP contribution in [0.5, 0.6) is 0 Å². The van der Waals surface area contributed by atoms with E-state index in [-0.39, 0.29) is 24.0 Å². The van der Waals surface area contributed by atoms with Gasteiger partial charge < -0.3 is 15.2 Å². The van der Waals surface area contributed by atoms with Crippen LogP contribution in [0.2, 0.25) is 0 Å². The van der Waals surface area contributed by atoms with Crippen molar-refractivity contribution >= 4 is 29.9 Å². The van der Waals surface area contributed by atoms with E-state index in [9.17, 15) is 0 Å². The molecule has 1 aromatic rings. The maximum atomic E-state index is 5.98. The fraction of sp³-hybridized carbons (Fsp3) is 0.692. The van der Waals surface area contributed by atoms with Gasteiger partial charge in [0.15, 0.2) is 5.96 Å². The number of nitrogens with zero attached hydrogens (tertiary/aromatic N) is 3. The van der Waals surface area contributed by atoms with E-state index in [2.05, 4.69) is 28.9 Å². The van der Waals surface area contributed by atoms with Crippen LogP contribution in [0, 0.1) is 0 Å². The molecule has 0 saturated heterocycles. The Labute approximate surface area is 131 Å². The molecule has 108 valence electrons. The third-order valence-electron chi connectivity index (χ3n) is 3.46. The van der Waals surface area contributed by atoms with Crippen molar-refractivity contribution < 1.29 is 4.52 Å². The zero-order chi connectivity index (χ0) is 13.1. The summed E-state index contributed by atoms with van der Waals surface area (Å²) in [5.41, 5.74) is 8.08. The summed E-state index contributed by atoms with van der Waals surface area (Å²) >= 11 is 0. The molecule has 6 heteroatoms. The third-order valence-corrected chi connectivity index (χ3v) is 3.46. The lowest BCUT2D eigenvalue weighted by Crippen LogP contribution is -2.35. The molecule has 2 N–H and O–H groups in total. The van der Waals surface area contributed by atoms with Crippen LogP contribution in [0.25, 0.3) is 0 Å². The van der Waals surface area contributed by atoms with E-state index in [4.69, 9.17) is 10.3 Å². The first-order valence-corrected chi connectivity index (χ1v) is 6.66. The number of nitrogens with two attached hydrogens (primary N) is 1. The van der Waals surface area contributed by atoms with Crippen molar-refractivity contribution in [1.29, 1.82) is 0 Å². The average molecular weight is 378 g/mol. The van der Waals surface area contributed by atoms with E-state index < -0.39 is 0 Å². The van der Waals surface area contributed by atoms with Crippen molar-refractivity contribution in [3.8, 4) is 0 Å². The summed E-state index contributed by atoms with van der Waals surface area (Å²) < 4.78 is 5.31. The Balaban J connectivity index is 0.00000180. The number of guanidine groups is 1. The van der Waals surface area contributed by atoms with Crippen LogP contribution in [0.15, 0.2) is 9.52 Å². The topological polar surface area (TPSA) is 67.6 Å². The molecule has 0 radical (unpaired) electrons. The quantitative estimate of drug-likeness (QED) is 0.485. The second kappa shape index (κ2) is 7.12. The molecule has 0 bridgehead atoms. The number of rotatable bonds is 5. The lowest BCUT2D eigenvalue weighted by molar-refractivity contribution is 0.380. The zero-order valence-electron chi connectivity index (χ0n) is 11.8. The predicted molar refractivity (Wildman–Crippen MR) is 86.8 cm³/mol. The van der Waals surface area contributed by atoms with Crippen molar-refractivity contribution in [2.45, 2.75) is 52.1 Å². The van der Waals surface area contributed by atoms with Crippen LogP contribution in [0.3, 0.4) is 0 Å². The lowest BCUT2D eigenvalue weighted by Gasteiger charge is -2.16. The first-order valence-electron chi connectivity index (χ1n) is 6.66. The summed E-state index contributed by atoms with van der Waals surface area (Å²) in [4.78, 5) is 6.53. The lowest BCUT2D eigenvalue weighted by atomic mass is 10.1. The fourth-order valence-electron chi connectivity index (χ4n) is 2.04. The molecular weight excluding hydrogens is 355 g/mol. The van der Waals surface area contributed by atoms with Gasteiger partial charge in [0, 0.05) is 25.1 Å². The number of aromatic nitrogens is 1. The Bertz CT molecular complexity index is 418. The van der Waals surface area contributed by atoms with E-state index in [1.54, 1.807) is 0 Å². The summed E-state index contributed by atoms with van der Waals surface area (Å²) in [6, 6.07) is 0.590. The van der Waals surface area contributed by atoms with Gasteiger partial charge in [-0.1, -0.05) is 19.0 Å². The zero-order valence-corrected chi connectivity index (χ0v) is 14.2. The second-order valence-corrected chi connectivity index (χ2v) is 4.75. The van der Waals surface area contributed by atoms with Gasteiger partial charge in [-0.3, -0.25) is 0 Å². The van der Waals surface area contributed by atoms with Gasteiger partial charge in [0.1, 0.15) is 5.76 Å². The fourth-order valence-corrected chi connectivity index (χ4v) is 2.04. The van der Waals surface area contributed by atoms with Gasteiger partial charge in [-0.25, -0.2) is 4.99 Å². The third kappa shape index (κ3) is 3.84. The molecule has 5 nitrogen and oxygen atoms in total. The molecule has 0 aromatic carbocycles. The van der Waals surface area contributed by atoms with Crippen molar-refractivity contribution in [2.75, 3.05) is 7.05 Å². The van der Waals surface area contributed by atoms with Gasteiger partial charge in [-0.15, -0.1) is 24.0 Å². The molecule has 2 rings (SSSR count). The summed E-state index contributed by atoms with van der Waals surface area (Å²) in [5.74, 6) is 1.54. The van der Waals surface area contributed by atoms with Crippen LogP contribution in [-0.2, 0) is 19.4 Å². The maximum absolute atomic E-state index is 5.98. The highest BCUT2D eigenvalue weighted by atomic mass is 127. The van der Waals surface area contributed by atoms with E-state index in [0.717, 1.165) is 29.9 Å². The van der Waals surface area contributed by atoms with Crippen molar-refractivity contribution in [1.82, 2.24) is 10.1 Å². The molecule has 19 heavy (non-hydrogen) atoms. The number of aryl methyl sites for hydroxylation is 2.